The van der Waals surface area contributed by atoms with Crippen LogP contribution in [-0.4, -0.2) is 22.5 Å². The van der Waals surface area contributed by atoms with E-state index in [0.717, 1.165) is 24.0 Å². The molecule has 23 heavy (non-hydrogen) atoms. The predicted molar refractivity (Wildman–Crippen MR) is 89.6 cm³/mol. The van der Waals surface area contributed by atoms with E-state index in [-0.39, 0.29) is 11.9 Å². The van der Waals surface area contributed by atoms with Crippen LogP contribution >= 0.6 is 0 Å². The topological polar surface area (TPSA) is 74.2 Å². The summed E-state index contributed by atoms with van der Waals surface area (Å²) in [5.41, 5.74) is 2.63. The molecular weight excluding hydrogens is 290 g/mol. The molecule has 1 unspecified atom stereocenters. The number of aromatic hydroxyl groups is 1. The van der Waals surface area contributed by atoms with Crippen LogP contribution in [0.2, 0.25) is 0 Å². The van der Waals surface area contributed by atoms with Crippen molar-refractivity contribution in [1.82, 2.24) is 10.3 Å². The normalized spacial score (nSPS) is 15.7. The van der Waals surface area contributed by atoms with Crippen molar-refractivity contribution >= 4 is 11.7 Å². The average Bonchev–Trinajstić information content (AvgIpc) is 2.98. The molecule has 0 bridgehead atoms. The van der Waals surface area contributed by atoms with Crippen molar-refractivity contribution in [3.8, 4) is 5.75 Å². The Labute approximate surface area is 135 Å². The van der Waals surface area contributed by atoms with Crippen molar-refractivity contribution < 1.29 is 9.90 Å². The second kappa shape index (κ2) is 6.52. The third-order valence-electron chi connectivity index (χ3n) is 4.00. The van der Waals surface area contributed by atoms with E-state index in [1.165, 1.54) is 0 Å². The Morgan fingerprint density at radius 1 is 1.39 bits per heavy atom. The van der Waals surface area contributed by atoms with E-state index in [9.17, 15) is 9.90 Å². The number of carbonyl (C=O) groups is 1. The van der Waals surface area contributed by atoms with Gasteiger partial charge in [0, 0.05) is 12.7 Å². The number of fused-ring (bicyclic) bond motifs is 1. The van der Waals surface area contributed by atoms with Crippen molar-refractivity contribution in [3.63, 3.8) is 0 Å². The molecule has 0 saturated carbocycles. The summed E-state index contributed by atoms with van der Waals surface area (Å²) in [5, 5.41) is 16.0. The maximum Gasteiger partial charge on any atom is 0.253 e. The van der Waals surface area contributed by atoms with Crippen LogP contribution in [0.15, 0.2) is 49.2 Å². The van der Waals surface area contributed by atoms with Gasteiger partial charge in [0.2, 0.25) is 0 Å². The molecule has 5 heteroatoms. The molecule has 1 aromatic heterocycles. The van der Waals surface area contributed by atoms with Crippen LogP contribution < -0.4 is 10.6 Å². The van der Waals surface area contributed by atoms with E-state index in [1.807, 2.05) is 12.1 Å². The maximum atomic E-state index is 11.8. The van der Waals surface area contributed by atoms with Crippen molar-refractivity contribution in [2.45, 2.75) is 18.9 Å². The van der Waals surface area contributed by atoms with Gasteiger partial charge in [-0.1, -0.05) is 18.2 Å². The Kier molecular flexibility index (Phi) is 4.28. The van der Waals surface area contributed by atoms with Gasteiger partial charge < -0.3 is 15.7 Å². The molecule has 118 valence electrons. The molecule has 1 atom stereocenters. The zero-order valence-electron chi connectivity index (χ0n) is 12.7. The van der Waals surface area contributed by atoms with E-state index in [1.54, 1.807) is 30.5 Å². The van der Waals surface area contributed by atoms with Crippen molar-refractivity contribution in [2.24, 2.45) is 0 Å². The number of anilines is 1. The number of aromatic nitrogens is 1. The largest absolute Gasteiger partial charge is 0.508 e. The van der Waals surface area contributed by atoms with Gasteiger partial charge in [0.15, 0.2) is 0 Å². The van der Waals surface area contributed by atoms with Gasteiger partial charge in [-0.05, 0) is 42.2 Å². The quantitative estimate of drug-likeness (QED) is 0.743. The molecule has 0 aliphatic heterocycles. The lowest BCUT2D eigenvalue weighted by atomic mass is 10.1. The minimum absolute atomic E-state index is 0.130. The monoisotopic (exact) mass is 309 g/mol. The highest BCUT2D eigenvalue weighted by Crippen LogP contribution is 2.37. The molecule has 5 nitrogen and oxygen atoms in total. The number of amides is 1. The number of nitrogens with one attached hydrogen (secondary N) is 2. The number of rotatable bonds is 5. The fraction of sp³-hybridized carbons (Fsp3) is 0.222. The lowest BCUT2D eigenvalue weighted by Gasteiger charge is -2.15. The predicted octanol–water partition coefficient (Wildman–Crippen LogP) is 2.80. The van der Waals surface area contributed by atoms with Gasteiger partial charge in [-0.15, -0.1) is 6.58 Å². The molecule has 1 aliphatic carbocycles. The molecular formula is C18H19N3O2. The lowest BCUT2D eigenvalue weighted by molar-refractivity contribution is 0.0957. The number of phenols is 1. The number of nitrogens with zero attached hydrogens (tertiary/aromatic N) is 1. The van der Waals surface area contributed by atoms with Crippen LogP contribution in [0.5, 0.6) is 5.75 Å². The van der Waals surface area contributed by atoms with E-state index in [2.05, 4.69) is 22.2 Å². The molecule has 2 aromatic rings. The van der Waals surface area contributed by atoms with Crippen molar-refractivity contribution in [2.75, 3.05) is 11.9 Å². The SMILES string of the molecule is C=CCNC(=O)c1ccc(NC2CCc3c(O)cccc32)nc1. The fourth-order valence-electron chi connectivity index (χ4n) is 2.84. The second-order valence-electron chi connectivity index (χ2n) is 5.51. The molecule has 0 saturated heterocycles. The number of phenolic OH excluding ortho intramolecular Hbond substituents is 1. The summed E-state index contributed by atoms with van der Waals surface area (Å²) >= 11 is 0. The molecule has 1 aromatic carbocycles. The standard InChI is InChI=1S/C18H19N3O2/c1-2-10-19-18(23)12-6-9-17(20-11-12)21-15-8-7-14-13(15)4-3-5-16(14)22/h2-6,9,11,15,22H,1,7-8,10H2,(H,19,23)(H,20,21). The zero-order chi connectivity index (χ0) is 16.2. The van der Waals surface area contributed by atoms with Gasteiger partial charge in [0.1, 0.15) is 11.6 Å². The number of benzene rings is 1. The van der Waals surface area contributed by atoms with Gasteiger partial charge in [-0.3, -0.25) is 4.79 Å². The minimum Gasteiger partial charge on any atom is -0.508 e. The Hall–Kier alpha value is -2.82. The van der Waals surface area contributed by atoms with Gasteiger partial charge in [-0.2, -0.15) is 0 Å². The first kappa shape index (κ1) is 15.1. The Morgan fingerprint density at radius 3 is 3.00 bits per heavy atom. The molecule has 1 aliphatic rings. The molecule has 1 amide bonds. The Balaban J connectivity index is 1.69. The number of pyridine rings is 1. The van der Waals surface area contributed by atoms with Crippen molar-refractivity contribution in [1.29, 1.82) is 0 Å². The van der Waals surface area contributed by atoms with E-state index < -0.39 is 0 Å². The first-order valence-corrected chi connectivity index (χ1v) is 7.61. The molecule has 1 heterocycles. The minimum atomic E-state index is -0.167. The van der Waals surface area contributed by atoms with Crippen LogP contribution in [0.1, 0.15) is 33.9 Å². The smallest absolute Gasteiger partial charge is 0.253 e. The summed E-state index contributed by atoms with van der Waals surface area (Å²) < 4.78 is 0. The third-order valence-corrected chi connectivity index (χ3v) is 4.00. The average molecular weight is 309 g/mol. The summed E-state index contributed by atoms with van der Waals surface area (Å²) in [6, 6.07) is 9.27. The molecule has 3 rings (SSSR count). The number of hydrogen-bond acceptors (Lipinski definition) is 4. The molecule has 0 radical (unpaired) electrons. The lowest BCUT2D eigenvalue weighted by Crippen LogP contribution is -2.23. The highest BCUT2D eigenvalue weighted by molar-refractivity contribution is 5.94. The molecule has 3 N–H and O–H groups in total. The summed E-state index contributed by atoms with van der Waals surface area (Å²) in [6.45, 7) is 4.00. The molecule has 0 fully saturated rings. The summed E-state index contributed by atoms with van der Waals surface area (Å²) in [4.78, 5) is 16.1. The van der Waals surface area contributed by atoms with Gasteiger partial charge >= 0.3 is 0 Å². The summed E-state index contributed by atoms with van der Waals surface area (Å²) in [5.74, 6) is 0.903. The van der Waals surface area contributed by atoms with E-state index >= 15 is 0 Å². The van der Waals surface area contributed by atoms with Gasteiger partial charge in [0.05, 0.1) is 11.6 Å². The first-order chi connectivity index (χ1) is 11.2. The Bertz CT molecular complexity index is 726. The van der Waals surface area contributed by atoms with Crippen LogP contribution in [0.4, 0.5) is 5.82 Å². The van der Waals surface area contributed by atoms with Gasteiger partial charge in [-0.25, -0.2) is 4.98 Å². The van der Waals surface area contributed by atoms with Crippen LogP contribution in [0.25, 0.3) is 0 Å². The number of carbonyl (C=O) groups excluding carboxylic acids is 1. The first-order valence-electron chi connectivity index (χ1n) is 7.61. The van der Waals surface area contributed by atoms with Gasteiger partial charge in [0.25, 0.3) is 5.91 Å². The fourth-order valence-corrected chi connectivity index (χ4v) is 2.84. The second-order valence-corrected chi connectivity index (χ2v) is 5.51. The van der Waals surface area contributed by atoms with E-state index in [4.69, 9.17) is 0 Å². The highest BCUT2D eigenvalue weighted by Gasteiger charge is 2.24. The number of hydrogen-bond donors (Lipinski definition) is 3. The molecule has 0 spiro atoms. The summed E-state index contributed by atoms with van der Waals surface area (Å²) in [7, 11) is 0. The highest BCUT2D eigenvalue weighted by atomic mass is 16.3. The van der Waals surface area contributed by atoms with Crippen molar-refractivity contribution in [3.05, 3.63) is 65.9 Å². The third kappa shape index (κ3) is 3.18. The van der Waals surface area contributed by atoms with E-state index in [0.29, 0.717) is 23.7 Å². The summed E-state index contributed by atoms with van der Waals surface area (Å²) in [6.07, 6.45) is 4.95. The Morgan fingerprint density at radius 2 is 2.26 bits per heavy atom. The van der Waals surface area contributed by atoms with Crippen LogP contribution in [0.3, 0.4) is 0 Å². The zero-order valence-corrected chi connectivity index (χ0v) is 12.7. The maximum absolute atomic E-state index is 11.8. The van der Waals surface area contributed by atoms with Crippen LogP contribution in [-0.2, 0) is 6.42 Å². The van der Waals surface area contributed by atoms with Crippen LogP contribution in [0, 0.1) is 0 Å².